The van der Waals surface area contributed by atoms with Gasteiger partial charge in [0.15, 0.2) is 18.2 Å². The number of hydrogen-bond acceptors (Lipinski definition) is 8. The molecule has 2 aliphatic heterocycles. The molecule has 3 heterocycles. The summed E-state index contributed by atoms with van der Waals surface area (Å²) in [5.74, 6) is 0.246. The van der Waals surface area contributed by atoms with Crippen molar-refractivity contribution in [2.75, 3.05) is 41.4 Å². The number of anilines is 3. The Morgan fingerprint density at radius 3 is 2.58 bits per heavy atom. The van der Waals surface area contributed by atoms with Crippen LogP contribution in [0.2, 0.25) is 0 Å². The number of aromatic nitrogens is 2. The molecule has 3 aromatic rings. The molecule has 0 bridgehead atoms. The number of fused-ring (bicyclic) bond motifs is 2. The molecule has 0 unspecified atom stereocenters. The van der Waals surface area contributed by atoms with E-state index in [0.29, 0.717) is 22.9 Å². The van der Waals surface area contributed by atoms with E-state index in [2.05, 4.69) is 15.2 Å². The van der Waals surface area contributed by atoms with Crippen LogP contribution >= 0.6 is 0 Å². The Balaban J connectivity index is 1.44. The molecule has 0 saturated carbocycles. The first-order valence-electron chi connectivity index (χ1n) is 10.5. The molecule has 1 fully saturated rings. The summed E-state index contributed by atoms with van der Waals surface area (Å²) < 4.78 is 5.36. The number of carbonyl (C=O) groups excluding carboxylic acids is 2. The number of hydrogen-bond donors (Lipinski definition) is 1. The smallest absolute Gasteiger partial charge is 0.271 e. The van der Waals surface area contributed by atoms with E-state index < -0.39 is 16.7 Å². The summed E-state index contributed by atoms with van der Waals surface area (Å²) in [4.78, 5) is 48.7. The fourth-order valence-electron chi connectivity index (χ4n) is 4.02. The largest absolute Gasteiger partial charge is 0.482 e. The molecule has 2 aliphatic rings. The minimum Gasteiger partial charge on any atom is -0.482 e. The van der Waals surface area contributed by atoms with Gasteiger partial charge in [-0.2, -0.15) is 0 Å². The van der Waals surface area contributed by atoms with Crippen molar-refractivity contribution < 1.29 is 19.2 Å². The maximum Gasteiger partial charge on any atom is 0.271 e. The zero-order chi connectivity index (χ0) is 22.9. The highest BCUT2D eigenvalue weighted by Crippen LogP contribution is 2.35. The van der Waals surface area contributed by atoms with Crippen LogP contribution in [0.3, 0.4) is 0 Å². The third-order valence-electron chi connectivity index (χ3n) is 5.61. The minimum atomic E-state index is -0.565. The maximum absolute atomic E-state index is 13.0. The van der Waals surface area contributed by atoms with Crippen LogP contribution < -0.4 is 19.9 Å². The number of amides is 2. The second-order valence-electron chi connectivity index (χ2n) is 7.80. The monoisotopic (exact) mass is 448 g/mol. The Morgan fingerprint density at radius 1 is 1.12 bits per heavy atom. The fourth-order valence-corrected chi connectivity index (χ4v) is 4.02. The minimum absolute atomic E-state index is 0.181. The average molecular weight is 448 g/mol. The Morgan fingerprint density at radius 2 is 1.85 bits per heavy atom. The number of non-ortho nitro benzene ring substituents is 1. The van der Waals surface area contributed by atoms with Gasteiger partial charge in [0.2, 0.25) is 5.91 Å². The van der Waals surface area contributed by atoms with E-state index in [4.69, 9.17) is 9.72 Å². The van der Waals surface area contributed by atoms with Crippen molar-refractivity contribution in [1.29, 1.82) is 0 Å². The van der Waals surface area contributed by atoms with Gasteiger partial charge < -0.3 is 15.0 Å². The molecule has 0 aliphatic carbocycles. The molecule has 0 spiro atoms. The molecule has 1 saturated heterocycles. The molecule has 11 nitrogen and oxygen atoms in total. The third kappa shape index (κ3) is 4.00. The van der Waals surface area contributed by atoms with Crippen LogP contribution in [-0.4, -0.2) is 52.9 Å². The van der Waals surface area contributed by atoms with Crippen molar-refractivity contribution in [3.05, 3.63) is 52.6 Å². The van der Waals surface area contributed by atoms with E-state index in [1.54, 1.807) is 0 Å². The van der Waals surface area contributed by atoms with Crippen molar-refractivity contribution in [3.8, 4) is 5.75 Å². The van der Waals surface area contributed by atoms with Gasteiger partial charge in [0.25, 0.3) is 11.6 Å². The van der Waals surface area contributed by atoms with Crippen LogP contribution in [0, 0.1) is 10.1 Å². The SMILES string of the molecule is O=C(CN1C(=O)COc2ccc([N+](=O)[O-])cc21)Nc1nc2ccccc2nc1N1CCCC1. The van der Waals surface area contributed by atoms with Crippen molar-refractivity contribution in [1.82, 2.24) is 9.97 Å². The number of carbonyl (C=O) groups is 2. The molecule has 0 atom stereocenters. The summed E-state index contributed by atoms with van der Waals surface area (Å²) in [6.07, 6.45) is 2.06. The predicted molar refractivity (Wildman–Crippen MR) is 121 cm³/mol. The summed E-state index contributed by atoms with van der Waals surface area (Å²) in [5, 5.41) is 14.0. The van der Waals surface area contributed by atoms with Gasteiger partial charge in [0.1, 0.15) is 12.3 Å². The first-order valence-corrected chi connectivity index (χ1v) is 10.5. The Kier molecular flexibility index (Phi) is 5.21. The van der Waals surface area contributed by atoms with Crippen LogP contribution in [0.15, 0.2) is 42.5 Å². The average Bonchev–Trinajstić information content (AvgIpc) is 3.35. The van der Waals surface area contributed by atoms with Gasteiger partial charge >= 0.3 is 0 Å². The topological polar surface area (TPSA) is 131 Å². The number of nitrogens with one attached hydrogen (secondary N) is 1. The molecule has 1 N–H and O–H groups in total. The standard InChI is InChI=1S/C22H20N6O5/c29-19(12-27-17-11-14(28(31)32)7-8-18(17)33-13-20(27)30)25-21-22(26-9-3-4-10-26)24-16-6-2-1-5-15(16)23-21/h1-2,5-8,11H,3-4,9-10,12-13H2,(H,23,25,29). The second kappa shape index (κ2) is 8.34. The second-order valence-corrected chi connectivity index (χ2v) is 7.80. The predicted octanol–water partition coefficient (Wildman–Crippen LogP) is 2.50. The lowest BCUT2D eigenvalue weighted by atomic mass is 10.2. The van der Waals surface area contributed by atoms with Crippen molar-refractivity contribution >= 4 is 45.9 Å². The molecule has 2 amide bonds. The number of para-hydroxylation sites is 2. The highest BCUT2D eigenvalue weighted by Gasteiger charge is 2.30. The summed E-state index contributed by atoms with van der Waals surface area (Å²) in [6.45, 7) is 1.03. The van der Waals surface area contributed by atoms with E-state index in [-0.39, 0.29) is 24.5 Å². The van der Waals surface area contributed by atoms with Gasteiger partial charge in [0, 0.05) is 25.2 Å². The summed E-state index contributed by atoms with van der Waals surface area (Å²) in [5.41, 5.74) is 1.34. The highest BCUT2D eigenvalue weighted by molar-refractivity contribution is 6.05. The van der Waals surface area contributed by atoms with Crippen LogP contribution in [0.5, 0.6) is 5.75 Å². The fraction of sp³-hybridized carbons (Fsp3) is 0.273. The quantitative estimate of drug-likeness (QED) is 0.465. The zero-order valence-corrected chi connectivity index (χ0v) is 17.6. The normalized spacial score (nSPS) is 15.3. The van der Waals surface area contributed by atoms with Crippen LogP contribution in [0.1, 0.15) is 12.8 Å². The van der Waals surface area contributed by atoms with Gasteiger partial charge in [0.05, 0.1) is 21.6 Å². The Bertz CT molecular complexity index is 1270. The number of ether oxygens (including phenoxy) is 1. The summed E-state index contributed by atoms with van der Waals surface area (Å²) >= 11 is 0. The van der Waals surface area contributed by atoms with Crippen molar-refractivity contribution in [3.63, 3.8) is 0 Å². The molecule has 11 heteroatoms. The molecule has 2 aromatic carbocycles. The number of benzene rings is 2. The van der Waals surface area contributed by atoms with Crippen molar-refractivity contribution in [2.45, 2.75) is 12.8 Å². The molecule has 168 valence electrons. The van der Waals surface area contributed by atoms with Gasteiger partial charge in [-0.1, -0.05) is 12.1 Å². The number of rotatable bonds is 5. The van der Waals surface area contributed by atoms with E-state index in [9.17, 15) is 19.7 Å². The van der Waals surface area contributed by atoms with E-state index in [0.717, 1.165) is 31.4 Å². The molecule has 0 radical (unpaired) electrons. The molecule has 5 rings (SSSR count). The molecular weight excluding hydrogens is 428 g/mol. The lowest BCUT2D eigenvalue weighted by Crippen LogP contribution is -2.43. The van der Waals surface area contributed by atoms with Gasteiger partial charge in [-0.25, -0.2) is 9.97 Å². The van der Waals surface area contributed by atoms with E-state index >= 15 is 0 Å². The van der Waals surface area contributed by atoms with Crippen molar-refractivity contribution in [2.24, 2.45) is 0 Å². The molecular formula is C22H20N6O5. The number of nitro groups is 1. The lowest BCUT2D eigenvalue weighted by Gasteiger charge is -2.28. The number of nitrogens with zero attached hydrogens (tertiary/aromatic N) is 5. The third-order valence-corrected chi connectivity index (χ3v) is 5.61. The maximum atomic E-state index is 13.0. The summed E-state index contributed by atoms with van der Waals surface area (Å²) in [7, 11) is 0. The van der Waals surface area contributed by atoms with Gasteiger partial charge in [-0.15, -0.1) is 0 Å². The number of nitro benzene ring substituents is 1. The Labute approximate surface area is 188 Å². The first-order chi connectivity index (χ1) is 16.0. The van der Waals surface area contributed by atoms with Gasteiger partial charge in [-0.05, 0) is 31.0 Å². The molecule has 1 aromatic heterocycles. The van der Waals surface area contributed by atoms with Crippen LogP contribution in [0.4, 0.5) is 23.0 Å². The first kappa shape index (κ1) is 20.6. The van der Waals surface area contributed by atoms with E-state index in [1.807, 2.05) is 24.3 Å². The highest BCUT2D eigenvalue weighted by atomic mass is 16.6. The van der Waals surface area contributed by atoms with E-state index in [1.165, 1.54) is 23.1 Å². The van der Waals surface area contributed by atoms with Gasteiger partial charge in [-0.3, -0.25) is 24.6 Å². The zero-order valence-electron chi connectivity index (χ0n) is 17.6. The Hall–Kier alpha value is -4.28. The van der Waals surface area contributed by atoms with Crippen LogP contribution in [-0.2, 0) is 9.59 Å². The lowest BCUT2D eigenvalue weighted by molar-refractivity contribution is -0.384. The summed E-state index contributed by atoms with van der Waals surface area (Å²) in [6, 6.07) is 11.3. The molecule has 33 heavy (non-hydrogen) atoms. The van der Waals surface area contributed by atoms with Crippen LogP contribution in [0.25, 0.3) is 11.0 Å².